The van der Waals surface area contributed by atoms with Crippen LogP contribution in [0.15, 0.2) is 12.2 Å². The lowest BCUT2D eigenvalue weighted by Crippen LogP contribution is -2.28. The van der Waals surface area contributed by atoms with E-state index in [2.05, 4.69) is 20.8 Å². The van der Waals surface area contributed by atoms with Crippen molar-refractivity contribution in [1.82, 2.24) is 0 Å². The van der Waals surface area contributed by atoms with Gasteiger partial charge in [0, 0.05) is 0 Å². The van der Waals surface area contributed by atoms with Gasteiger partial charge in [-0.3, -0.25) is 4.79 Å². The van der Waals surface area contributed by atoms with E-state index in [9.17, 15) is 4.79 Å². The molecule has 0 radical (unpaired) electrons. The molecule has 1 nitrogen and oxygen atoms in total. The maximum atomic E-state index is 10.2. The predicted octanol–water partition coefficient (Wildman–Crippen LogP) is 3.35. The lowest BCUT2D eigenvalue weighted by Gasteiger charge is -2.37. The largest absolute Gasteiger partial charge is 0.299 e. The molecular weight excluding hydrogens is 160 g/mol. The molecule has 0 spiro atoms. The number of hydrogen-bond acceptors (Lipinski definition) is 1. The first kappa shape index (κ1) is 10.5. The maximum Gasteiger partial charge on any atom is 0.142 e. The summed E-state index contributed by atoms with van der Waals surface area (Å²) < 4.78 is 0. The maximum absolute atomic E-state index is 10.2. The fourth-order valence-corrected chi connectivity index (χ4v) is 2.32. The minimum absolute atomic E-state index is 0.395. The van der Waals surface area contributed by atoms with Crippen molar-refractivity contribution in [3.8, 4) is 0 Å². The first-order valence-corrected chi connectivity index (χ1v) is 5.12. The molecule has 0 amide bonds. The van der Waals surface area contributed by atoms with Gasteiger partial charge in [-0.1, -0.05) is 33.3 Å². The van der Waals surface area contributed by atoms with E-state index in [1.54, 1.807) is 6.08 Å². The van der Waals surface area contributed by atoms with Crippen LogP contribution in [-0.2, 0) is 4.79 Å². The van der Waals surface area contributed by atoms with Crippen LogP contribution in [0.5, 0.6) is 0 Å². The molecule has 0 heterocycles. The molecule has 1 fully saturated rings. The third-order valence-electron chi connectivity index (χ3n) is 3.95. The fourth-order valence-electron chi connectivity index (χ4n) is 2.32. The highest BCUT2D eigenvalue weighted by Gasteiger charge is 2.43. The number of allylic oxidation sites excluding steroid dienone is 2. The third-order valence-corrected chi connectivity index (χ3v) is 3.95. The van der Waals surface area contributed by atoms with Gasteiger partial charge in [-0.2, -0.15) is 0 Å². The summed E-state index contributed by atoms with van der Waals surface area (Å²) in [6.07, 6.45) is 9.49. The molecule has 1 atom stereocenters. The van der Waals surface area contributed by atoms with Crippen LogP contribution < -0.4 is 0 Å². The Labute approximate surface area is 81.2 Å². The van der Waals surface area contributed by atoms with Crippen LogP contribution in [0.3, 0.4) is 0 Å². The standard InChI is InChI=1S/C12H20O/c1-11(2)7-6-9-12(11,3)8-4-5-10-13/h4-5,10H,6-9H2,1-3H3. The Kier molecular flexibility index (Phi) is 2.94. The van der Waals surface area contributed by atoms with Crippen LogP contribution in [0.2, 0.25) is 0 Å². The van der Waals surface area contributed by atoms with E-state index in [0.29, 0.717) is 10.8 Å². The average Bonchev–Trinajstić information content (AvgIpc) is 2.28. The molecule has 13 heavy (non-hydrogen) atoms. The fraction of sp³-hybridized carbons (Fsp3) is 0.750. The van der Waals surface area contributed by atoms with Crippen molar-refractivity contribution >= 4 is 6.29 Å². The highest BCUT2D eigenvalue weighted by Crippen LogP contribution is 2.54. The summed E-state index contributed by atoms with van der Waals surface area (Å²) in [5.41, 5.74) is 0.826. The van der Waals surface area contributed by atoms with E-state index in [4.69, 9.17) is 0 Å². The molecule has 0 aromatic carbocycles. The van der Waals surface area contributed by atoms with Gasteiger partial charge < -0.3 is 0 Å². The minimum Gasteiger partial charge on any atom is -0.299 e. The quantitative estimate of drug-likeness (QED) is 0.481. The summed E-state index contributed by atoms with van der Waals surface area (Å²) in [5, 5.41) is 0. The number of hydrogen-bond donors (Lipinski definition) is 0. The summed E-state index contributed by atoms with van der Waals surface area (Å²) in [4.78, 5) is 10.2. The zero-order chi connectivity index (χ0) is 9.95. The second kappa shape index (κ2) is 3.65. The topological polar surface area (TPSA) is 17.1 Å². The van der Waals surface area contributed by atoms with Crippen molar-refractivity contribution < 1.29 is 4.79 Å². The second-order valence-electron chi connectivity index (χ2n) is 5.07. The third kappa shape index (κ3) is 2.01. The Morgan fingerprint density at radius 2 is 1.92 bits per heavy atom. The van der Waals surface area contributed by atoms with Crippen LogP contribution in [0.4, 0.5) is 0 Å². The molecular formula is C12H20O. The lowest BCUT2D eigenvalue weighted by molar-refractivity contribution is -0.104. The van der Waals surface area contributed by atoms with Crippen LogP contribution in [0.25, 0.3) is 0 Å². The number of aldehydes is 1. The van der Waals surface area contributed by atoms with E-state index in [1.165, 1.54) is 19.3 Å². The van der Waals surface area contributed by atoms with Gasteiger partial charge in [-0.25, -0.2) is 0 Å². The van der Waals surface area contributed by atoms with Gasteiger partial charge in [0.2, 0.25) is 0 Å². The SMILES string of the molecule is CC1(C)CCCC1(C)CC=CC=O. The first-order chi connectivity index (χ1) is 6.02. The highest BCUT2D eigenvalue weighted by molar-refractivity contribution is 5.64. The van der Waals surface area contributed by atoms with E-state index >= 15 is 0 Å². The molecule has 0 saturated heterocycles. The molecule has 0 aromatic heterocycles. The van der Waals surface area contributed by atoms with E-state index in [0.717, 1.165) is 12.7 Å². The first-order valence-electron chi connectivity index (χ1n) is 5.12. The Hall–Kier alpha value is -0.590. The van der Waals surface area contributed by atoms with Gasteiger partial charge in [0.15, 0.2) is 0 Å². The highest BCUT2D eigenvalue weighted by atomic mass is 16.1. The van der Waals surface area contributed by atoms with Crippen LogP contribution in [-0.4, -0.2) is 6.29 Å². The molecule has 0 N–H and O–H groups in total. The van der Waals surface area contributed by atoms with Gasteiger partial charge in [0.1, 0.15) is 6.29 Å². The minimum atomic E-state index is 0.395. The van der Waals surface area contributed by atoms with Crippen molar-refractivity contribution in [1.29, 1.82) is 0 Å². The molecule has 1 aliphatic carbocycles. The smallest absolute Gasteiger partial charge is 0.142 e. The van der Waals surface area contributed by atoms with Gasteiger partial charge >= 0.3 is 0 Å². The summed E-state index contributed by atoms with van der Waals surface area (Å²) in [6.45, 7) is 7.03. The molecule has 1 rings (SSSR count). The zero-order valence-electron chi connectivity index (χ0n) is 8.97. The molecule has 1 aliphatic rings. The van der Waals surface area contributed by atoms with Crippen LogP contribution >= 0.6 is 0 Å². The second-order valence-corrected chi connectivity index (χ2v) is 5.07. The van der Waals surface area contributed by atoms with Gasteiger partial charge in [-0.15, -0.1) is 0 Å². The molecule has 0 aromatic rings. The zero-order valence-corrected chi connectivity index (χ0v) is 8.97. The van der Waals surface area contributed by atoms with Crippen molar-refractivity contribution in [2.24, 2.45) is 10.8 Å². The van der Waals surface area contributed by atoms with Crippen molar-refractivity contribution in [3.63, 3.8) is 0 Å². The number of rotatable bonds is 3. The predicted molar refractivity (Wildman–Crippen MR) is 55.6 cm³/mol. The lowest BCUT2D eigenvalue weighted by atomic mass is 9.67. The molecule has 0 bridgehead atoms. The average molecular weight is 180 g/mol. The molecule has 1 unspecified atom stereocenters. The Bertz CT molecular complexity index is 215. The van der Waals surface area contributed by atoms with Crippen LogP contribution in [0, 0.1) is 10.8 Å². The van der Waals surface area contributed by atoms with E-state index in [-0.39, 0.29) is 0 Å². The van der Waals surface area contributed by atoms with Gasteiger partial charge in [-0.05, 0) is 36.2 Å². The molecule has 74 valence electrons. The normalized spacial score (nSPS) is 32.5. The van der Waals surface area contributed by atoms with Crippen molar-refractivity contribution in [2.45, 2.75) is 46.5 Å². The molecule has 1 heteroatoms. The van der Waals surface area contributed by atoms with Crippen molar-refractivity contribution in [2.75, 3.05) is 0 Å². The van der Waals surface area contributed by atoms with Gasteiger partial charge in [0.05, 0.1) is 0 Å². The summed E-state index contributed by atoms with van der Waals surface area (Å²) in [7, 11) is 0. The van der Waals surface area contributed by atoms with Crippen LogP contribution in [0.1, 0.15) is 46.5 Å². The van der Waals surface area contributed by atoms with Gasteiger partial charge in [0.25, 0.3) is 0 Å². The summed E-state index contributed by atoms with van der Waals surface area (Å²) in [6, 6.07) is 0. The monoisotopic (exact) mass is 180 g/mol. The number of carbonyl (C=O) groups excluding carboxylic acids is 1. The van der Waals surface area contributed by atoms with E-state index in [1.807, 2.05) is 6.08 Å². The number of carbonyl (C=O) groups is 1. The summed E-state index contributed by atoms with van der Waals surface area (Å²) in [5.74, 6) is 0. The Balaban J connectivity index is 2.64. The van der Waals surface area contributed by atoms with E-state index < -0.39 is 0 Å². The summed E-state index contributed by atoms with van der Waals surface area (Å²) >= 11 is 0. The molecule has 1 saturated carbocycles. The Morgan fingerprint density at radius 3 is 2.38 bits per heavy atom. The Morgan fingerprint density at radius 1 is 1.23 bits per heavy atom. The van der Waals surface area contributed by atoms with Crippen molar-refractivity contribution in [3.05, 3.63) is 12.2 Å². The molecule has 0 aliphatic heterocycles.